The minimum Gasteiger partial charge on any atom is -0.390 e. The second-order valence-corrected chi connectivity index (χ2v) is 6.96. The minimum atomic E-state index is -1.12. The second kappa shape index (κ2) is 7.58. The Labute approximate surface area is 166 Å². The molecule has 9 heteroatoms. The Morgan fingerprint density at radius 1 is 1.21 bits per heavy atom. The lowest BCUT2D eigenvalue weighted by atomic mass is 10.0. The van der Waals surface area contributed by atoms with E-state index in [4.69, 9.17) is 0 Å². The van der Waals surface area contributed by atoms with Crippen molar-refractivity contribution in [3.05, 3.63) is 42.2 Å². The molecule has 0 amide bonds. The molecule has 0 aromatic carbocycles. The lowest BCUT2D eigenvalue weighted by Crippen LogP contribution is -2.31. The maximum Gasteiger partial charge on any atom is 0.209 e. The van der Waals surface area contributed by atoms with Gasteiger partial charge in [0.15, 0.2) is 17.0 Å². The number of ketones is 1. The van der Waals surface area contributed by atoms with Gasteiger partial charge < -0.3 is 20.1 Å². The topological polar surface area (TPSA) is 126 Å². The zero-order chi connectivity index (χ0) is 20.5. The Morgan fingerprint density at radius 2 is 1.97 bits per heavy atom. The van der Waals surface area contributed by atoms with Gasteiger partial charge in [0.05, 0.1) is 18.5 Å². The van der Waals surface area contributed by atoms with E-state index in [2.05, 4.69) is 37.1 Å². The number of carbonyl (C=O) groups is 1. The van der Waals surface area contributed by atoms with Gasteiger partial charge in [0.1, 0.15) is 11.9 Å². The monoisotopic (exact) mass is 392 g/mol. The third-order valence-electron chi connectivity index (χ3n) is 5.19. The number of rotatable bonds is 3. The fourth-order valence-electron chi connectivity index (χ4n) is 3.64. The Balaban J connectivity index is 1.77. The quantitative estimate of drug-likeness (QED) is 0.551. The van der Waals surface area contributed by atoms with E-state index in [1.54, 1.807) is 42.5 Å². The molecule has 1 saturated carbocycles. The number of aliphatic hydroxyl groups excluding tert-OH is 2. The van der Waals surface area contributed by atoms with Crippen LogP contribution in [-0.4, -0.2) is 59.8 Å². The van der Waals surface area contributed by atoms with E-state index in [0.29, 0.717) is 23.4 Å². The zero-order valence-electron chi connectivity index (χ0n) is 15.9. The van der Waals surface area contributed by atoms with Crippen LogP contribution in [0.3, 0.4) is 0 Å². The van der Waals surface area contributed by atoms with Gasteiger partial charge in [-0.15, -0.1) is 0 Å². The summed E-state index contributed by atoms with van der Waals surface area (Å²) in [4.78, 5) is 29.0. The van der Waals surface area contributed by atoms with Crippen molar-refractivity contribution in [1.29, 1.82) is 0 Å². The van der Waals surface area contributed by atoms with E-state index in [1.165, 1.54) is 6.92 Å². The van der Waals surface area contributed by atoms with Crippen LogP contribution in [0, 0.1) is 17.8 Å². The number of pyridine rings is 1. The molecule has 3 heterocycles. The summed E-state index contributed by atoms with van der Waals surface area (Å²) in [7, 11) is 1.72. The van der Waals surface area contributed by atoms with Crippen molar-refractivity contribution in [2.75, 3.05) is 12.4 Å². The summed E-state index contributed by atoms with van der Waals surface area (Å²) in [5.41, 5.74) is 1.78. The Hall–Kier alpha value is -3.35. The summed E-state index contributed by atoms with van der Waals surface area (Å²) in [6, 6.07) is 3.05. The number of hydrogen-bond donors (Lipinski definition) is 3. The molecule has 0 bridgehead atoms. The van der Waals surface area contributed by atoms with Crippen LogP contribution in [0.5, 0.6) is 0 Å². The van der Waals surface area contributed by atoms with Crippen LogP contribution >= 0.6 is 0 Å². The molecule has 1 aliphatic rings. The van der Waals surface area contributed by atoms with Crippen molar-refractivity contribution >= 4 is 22.8 Å². The number of fused-ring (bicyclic) bond motifs is 1. The molecule has 148 valence electrons. The van der Waals surface area contributed by atoms with E-state index < -0.39 is 24.2 Å². The molecule has 3 aromatic rings. The van der Waals surface area contributed by atoms with E-state index >= 15 is 0 Å². The van der Waals surface area contributed by atoms with Crippen LogP contribution < -0.4 is 5.32 Å². The highest BCUT2D eigenvalue weighted by molar-refractivity contribution is 5.83. The second-order valence-electron chi connectivity index (χ2n) is 6.96. The molecule has 1 unspecified atom stereocenters. The van der Waals surface area contributed by atoms with Crippen molar-refractivity contribution in [2.45, 2.75) is 31.6 Å². The van der Waals surface area contributed by atoms with E-state index in [1.807, 2.05) is 0 Å². The number of Topliss-reactive ketones (excluding diaryl/α,β-unsaturated/α-hetero) is 1. The highest BCUT2D eigenvalue weighted by Crippen LogP contribution is 2.37. The van der Waals surface area contributed by atoms with Crippen molar-refractivity contribution in [3.8, 4) is 11.8 Å². The van der Waals surface area contributed by atoms with Gasteiger partial charge >= 0.3 is 0 Å². The van der Waals surface area contributed by atoms with Crippen molar-refractivity contribution < 1.29 is 15.0 Å². The molecule has 1 aliphatic carbocycles. The normalized spacial score (nSPS) is 23.6. The predicted molar refractivity (Wildman–Crippen MR) is 105 cm³/mol. The van der Waals surface area contributed by atoms with Gasteiger partial charge in [0.2, 0.25) is 5.82 Å². The van der Waals surface area contributed by atoms with E-state index in [0.717, 1.165) is 5.56 Å². The van der Waals surface area contributed by atoms with Gasteiger partial charge in [-0.05, 0) is 31.4 Å². The summed E-state index contributed by atoms with van der Waals surface area (Å²) < 4.78 is 1.69. The molecule has 4 rings (SSSR count). The van der Waals surface area contributed by atoms with Crippen molar-refractivity contribution in [1.82, 2.24) is 24.5 Å². The molecule has 9 nitrogen and oxygen atoms in total. The summed E-state index contributed by atoms with van der Waals surface area (Å²) in [6.07, 6.45) is 2.94. The molecule has 3 aromatic heterocycles. The lowest BCUT2D eigenvalue weighted by Gasteiger charge is -2.18. The highest BCUT2D eigenvalue weighted by Gasteiger charge is 2.45. The smallest absolute Gasteiger partial charge is 0.209 e. The first-order chi connectivity index (χ1) is 14.0. The minimum absolute atomic E-state index is 0.155. The number of carbonyl (C=O) groups excluding carboxylic acids is 1. The zero-order valence-corrected chi connectivity index (χ0v) is 15.9. The third-order valence-corrected chi connectivity index (χ3v) is 5.19. The SMILES string of the molecule is CNc1nc(C#Cc2ccncc2)nc2c1ncn2[C@@H]1C[C@H](C(C)=O)C(O)[C@H]1O. The van der Waals surface area contributed by atoms with Gasteiger partial charge in [-0.3, -0.25) is 9.78 Å². The van der Waals surface area contributed by atoms with Crippen LogP contribution in [0.1, 0.15) is 30.8 Å². The van der Waals surface area contributed by atoms with Gasteiger partial charge in [0, 0.05) is 30.9 Å². The number of hydrogen-bond acceptors (Lipinski definition) is 8. The molecule has 0 radical (unpaired) electrons. The van der Waals surface area contributed by atoms with Crippen LogP contribution in [0.4, 0.5) is 5.82 Å². The number of nitrogens with one attached hydrogen (secondary N) is 1. The summed E-state index contributed by atoms with van der Waals surface area (Å²) in [5, 5.41) is 23.8. The number of anilines is 1. The first kappa shape index (κ1) is 19.0. The van der Waals surface area contributed by atoms with Gasteiger partial charge in [-0.1, -0.05) is 5.92 Å². The average molecular weight is 392 g/mol. The fraction of sp³-hybridized carbons (Fsp3) is 0.350. The molecule has 1 fully saturated rings. The summed E-state index contributed by atoms with van der Waals surface area (Å²) in [6.45, 7) is 1.42. The van der Waals surface area contributed by atoms with E-state index in [-0.39, 0.29) is 11.6 Å². The molecule has 0 aliphatic heterocycles. The van der Waals surface area contributed by atoms with E-state index in [9.17, 15) is 15.0 Å². The van der Waals surface area contributed by atoms with Crippen LogP contribution in [0.15, 0.2) is 30.9 Å². The standard InChI is InChI=1S/C20H20N6O3/c1-11(27)13-9-14(18(29)17(13)28)26-10-23-16-19(21-2)24-15(25-20(16)26)4-3-12-5-7-22-8-6-12/h5-8,10,13-14,17-18,28-29H,9H2,1-2H3,(H,21,24,25)/t13-,14-,17?,18+/m1/s1. The summed E-state index contributed by atoms with van der Waals surface area (Å²) in [5.74, 6) is 5.94. The Morgan fingerprint density at radius 3 is 2.62 bits per heavy atom. The maximum atomic E-state index is 11.8. The molecule has 0 spiro atoms. The largest absolute Gasteiger partial charge is 0.390 e. The first-order valence-corrected chi connectivity index (χ1v) is 9.20. The Bertz CT molecular complexity index is 1120. The average Bonchev–Trinajstić information content (AvgIpc) is 3.28. The molecule has 0 saturated heterocycles. The first-order valence-electron chi connectivity index (χ1n) is 9.20. The van der Waals surface area contributed by atoms with Crippen LogP contribution in [0.2, 0.25) is 0 Å². The molecular weight excluding hydrogens is 372 g/mol. The van der Waals surface area contributed by atoms with Crippen LogP contribution in [-0.2, 0) is 4.79 Å². The van der Waals surface area contributed by atoms with Gasteiger partial charge in [0.25, 0.3) is 0 Å². The maximum absolute atomic E-state index is 11.8. The number of imidazole rings is 1. The summed E-state index contributed by atoms with van der Waals surface area (Å²) >= 11 is 0. The van der Waals surface area contributed by atoms with Crippen molar-refractivity contribution in [3.63, 3.8) is 0 Å². The lowest BCUT2D eigenvalue weighted by molar-refractivity contribution is -0.124. The third kappa shape index (κ3) is 3.44. The van der Waals surface area contributed by atoms with Crippen molar-refractivity contribution in [2.24, 2.45) is 5.92 Å². The highest BCUT2D eigenvalue weighted by atomic mass is 16.3. The molecule has 4 atom stereocenters. The fourth-order valence-corrected chi connectivity index (χ4v) is 3.64. The van der Waals surface area contributed by atoms with Gasteiger partial charge in [-0.2, -0.15) is 0 Å². The van der Waals surface area contributed by atoms with Crippen LogP contribution in [0.25, 0.3) is 11.2 Å². The molecular formula is C20H20N6O3. The molecule has 3 N–H and O–H groups in total. The predicted octanol–water partition coefficient (Wildman–Crippen LogP) is 0.535. The van der Waals surface area contributed by atoms with Gasteiger partial charge in [-0.25, -0.2) is 15.0 Å². The number of aromatic nitrogens is 5. The Kier molecular flexibility index (Phi) is 4.96. The number of aliphatic hydroxyl groups is 2. The number of nitrogens with zero attached hydrogens (tertiary/aromatic N) is 5. The molecule has 29 heavy (non-hydrogen) atoms.